The summed E-state index contributed by atoms with van der Waals surface area (Å²) in [5, 5.41) is 0. The van der Waals surface area contributed by atoms with Crippen LogP contribution < -0.4 is 9.64 Å². The van der Waals surface area contributed by atoms with Gasteiger partial charge in [-0.1, -0.05) is 26.7 Å². The molecule has 0 bridgehead atoms. The Balaban J connectivity index is 1.60. The van der Waals surface area contributed by atoms with Crippen molar-refractivity contribution in [1.29, 1.82) is 0 Å². The minimum Gasteiger partial charge on any atom is -0.482 e. The van der Waals surface area contributed by atoms with Crippen molar-refractivity contribution in [2.75, 3.05) is 44.2 Å². The summed E-state index contributed by atoms with van der Waals surface area (Å²) >= 11 is 0. The molecule has 32 heavy (non-hydrogen) atoms. The van der Waals surface area contributed by atoms with Gasteiger partial charge >= 0.3 is 0 Å². The number of ether oxygens (including phenoxy) is 1. The van der Waals surface area contributed by atoms with Crippen LogP contribution in [0.15, 0.2) is 23.1 Å². The molecule has 3 aliphatic rings. The third-order valence-electron chi connectivity index (χ3n) is 6.60. The van der Waals surface area contributed by atoms with Crippen LogP contribution in [0.4, 0.5) is 5.69 Å². The lowest BCUT2D eigenvalue weighted by atomic mass is 9.94. The van der Waals surface area contributed by atoms with Gasteiger partial charge in [-0.05, 0) is 49.3 Å². The van der Waals surface area contributed by atoms with Gasteiger partial charge in [-0.3, -0.25) is 14.5 Å². The zero-order valence-electron chi connectivity index (χ0n) is 19.0. The van der Waals surface area contributed by atoms with Crippen molar-refractivity contribution >= 4 is 27.5 Å². The molecular weight excluding hydrogens is 430 g/mol. The van der Waals surface area contributed by atoms with Crippen molar-refractivity contribution < 1.29 is 22.7 Å². The highest BCUT2D eigenvalue weighted by atomic mass is 32.2. The second-order valence-electron chi connectivity index (χ2n) is 9.46. The highest BCUT2D eigenvalue weighted by Crippen LogP contribution is 2.36. The maximum absolute atomic E-state index is 13.4. The number of hydrogen-bond acceptors (Lipinski definition) is 5. The summed E-state index contributed by atoms with van der Waals surface area (Å²) < 4.78 is 33.8. The Morgan fingerprint density at radius 3 is 2.38 bits per heavy atom. The standard InChI is InChI=1S/C23H33N3O5S/c1-17-11-18(2)14-25(13-17)32(29,30)19-7-8-21-20(12-19)26(23(28)16-31-21)15-22(27)24-9-5-3-4-6-10-24/h7-8,12,17-18H,3-6,9-11,13-16H2,1-2H3. The molecule has 9 heteroatoms. The number of carbonyl (C=O) groups excluding carboxylic acids is 2. The summed E-state index contributed by atoms with van der Waals surface area (Å²) in [6.45, 7) is 6.23. The molecule has 8 nitrogen and oxygen atoms in total. The first-order chi connectivity index (χ1) is 15.3. The van der Waals surface area contributed by atoms with Crippen LogP contribution in [0.25, 0.3) is 0 Å². The largest absolute Gasteiger partial charge is 0.482 e. The SMILES string of the molecule is CC1CC(C)CN(S(=O)(=O)c2ccc3c(c2)N(CC(=O)N2CCCCCC2)C(=O)CO3)C1. The van der Waals surface area contributed by atoms with Crippen LogP contribution in [0, 0.1) is 11.8 Å². The summed E-state index contributed by atoms with van der Waals surface area (Å²) in [6.07, 6.45) is 5.16. The molecule has 0 N–H and O–H groups in total. The fraction of sp³-hybridized carbons (Fsp3) is 0.652. The highest BCUT2D eigenvalue weighted by molar-refractivity contribution is 7.89. The zero-order chi connectivity index (χ0) is 22.9. The van der Waals surface area contributed by atoms with Gasteiger partial charge in [0.05, 0.1) is 10.6 Å². The predicted octanol–water partition coefficient (Wildman–Crippen LogP) is 2.48. The van der Waals surface area contributed by atoms with Gasteiger partial charge in [0, 0.05) is 26.2 Å². The monoisotopic (exact) mass is 463 g/mol. The summed E-state index contributed by atoms with van der Waals surface area (Å²) in [4.78, 5) is 28.9. The second kappa shape index (κ2) is 9.39. The Labute approximate surface area is 190 Å². The van der Waals surface area contributed by atoms with Crippen LogP contribution in [-0.4, -0.2) is 68.8 Å². The third-order valence-corrected chi connectivity index (χ3v) is 8.43. The molecule has 0 aromatic heterocycles. The molecule has 2 atom stereocenters. The first kappa shape index (κ1) is 23.0. The Morgan fingerprint density at radius 2 is 1.72 bits per heavy atom. The molecule has 2 unspecified atom stereocenters. The van der Waals surface area contributed by atoms with Gasteiger partial charge < -0.3 is 9.64 Å². The molecule has 0 saturated carbocycles. The summed E-state index contributed by atoms with van der Waals surface area (Å²) in [5.74, 6) is 0.556. The average Bonchev–Trinajstić information content (AvgIpc) is 3.04. The van der Waals surface area contributed by atoms with Crippen LogP contribution in [0.3, 0.4) is 0 Å². The molecule has 0 spiro atoms. The number of likely N-dealkylation sites (tertiary alicyclic amines) is 1. The maximum Gasteiger partial charge on any atom is 0.265 e. The molecule has 2 amide bonds. The number of hydrogen-bond donors (Lipinski definition) is 0. The van der Waals surface area contributed by atoms with E-state index in [4.69, 9.17) is 4.74 Å². The normalized spacial score (nSPS) is 25.1. The van der Waals surface area contributed by atoms with Gasteiger partial charge in [-0.15, -0.1) is 0 Å². The van der Waals surface area contributed by atoms with Crippen molar-refractivity contribution in [3.63, 3.8) is 0 Å². The van der Waals surface area contributed by atoms with Gasteiger partial charge in [0.2, 0.25) is 15.9 Å². The van der Waals surface area contributed by atoms with E-state index < -0.39 is 10.0 Å². The van der Waals surface area contributed by atoms with E-state index in [-0.39, 0.29) is 29.9 Å². The minimum absolute atomic E-state index is 0.101. The lowest BCUT2D eigenvalue weighted by Gasteiger charge is -2.35. The number of rotatable bonds is 4. The molecular formula is C23H33N3O5S. The van der Waals surface area contributed by atoms with Gasteiger partial charge in [0.25, 0.3) is 5.91 Å². The fourth-order valence-electron chi connectivity index (χ4n) is 5.02. The van der Waals surface area contributed by atoms with Gasteiger partial charge in [-0.25, -0.2) is 8.42 Å². The molecule has 2 saturated heterocycles. The smallest absolute Gasteiger partial charge is 0.265 e. The second-order valence-corrected chi connectivity index (χ2v) is 11.4. The first-order valence-corrected chi connectivity index (χ1v) is 13.0. The predicted molar refractivity (Wildman–Crippen MR) is 121 cm³/mol. The van der Waals surface area contributed by atoms with Crippen LogP contribution in [0.1, 0.15) is 46.0 Å². The molecule has 4 rings (SSSR count). The minimum atomic E-state index is -3.71. The van der Waals surface area contributed by atoms with Gasteiger partial charge in [0.15, 0.2) is 6.61 Å². The molecule has 1 aromatic rings. The van der Waals surface area contributed by atoms with Gasteiger partial charge in [-0.2, -0.15) is 4.31 Å². The quantitative estimate of drug-likeness (QED) is 0.685. The third kappa shape index (κ3) is 4.78. The highest BCUT2D eigenvalue weighted by Gasteiger charge is 2.34. The Hall–Kier alpha value is -2.13. The number of benzene rings is 1. The van der Waals surface area contributed by atoms with E-state index in [0.29, 0.717) is 49.5 Å². The molecule has 3 aliphatic heterocycles. The number of carbonyl (C=O) groups is 2. The van der Waals surface area contributed by atoms with Gasteiger partial charge in [0.1, 0.15) is 12.3 Å². The lowest BCUT2D eigenvalue weighted by Crippen LogP contribution is -2.47. The number of fused-ring (bicyclic) bond motifs is 1. The van der Waals surface area contributed by atoms with Crippen molar-refractivity contribution in [3.05, 3.63) is 18.2 Å². The number of nitrogens with zero attached hydrogens (tertiary/aromatic N) is 3. The van der Waals surface area contributed by atoms with E-state index in [1.807, 2.05) is 4.90 Å². The van der Waals surface area contributed by atoms with Crippen molar-refractivity contribution in [3.8, 4) is 5.75 Å². The van der Waals surface area contributed by atoms with Crippen LogP contribution in [0.5, 0.6) is 5.75 Å². The Morgan fingerprint density at radius 1 is 1.06 bits per heavy atom. The van der Waals surface area contributed by atoms with Crippen LogP contribution in [0.2, 0.25) is 0 Å². The number of amides is 2. The molecule has 1 aromatic carbocycles. The van der Waals surface area contributed by atoms with E-state index in [1.54, 1.807) is 6.07 Å². The van der Waals surface area contributed by atoms with Crippen molar-refractivity contribution in [2.24, 2.45) is 11.8 Å². The van der Waals surface area contributed by atoms with E-state index in [0.717, 1.165) is 32.1 Å². The van der Waals surface area contributed by atoms with E-state index in [1.165, 1.54) is 21.3 Å². The molecule has 3 heterocycles. The van der Waals surface area contributed by atoms with Crippen LogP contribution in [-0.2, 0) is 19.6 Å². The summed E-state index contributed by atoms with van der Waals surface area (Å²) in [7, 11) is -3.71. The molecule has 0 aliphatic carbocycles. The maximum atomic E-state index is 13.4. The number of sulfonamides is 1. The van der Waals surface area contributed by atoms with E-state index in [2.05, 4.69) is 13.8 Å². The first-order valence-electron chi connectivity index (χ1n) is 11.6. The number of piperidine rings is 1. The average molecular weight is 464 g/mol. The Bertz CT molecular complexity index is 962. The summed E-state index contributed by atoms with van der Waals surface area (Å²) in [5.41, 5.74) is 0.351. The molecule has 0 radical (unpaired) electrons. The Kier molecular flexibility index (Phi) is 6.76. The number of anilines is 1. The lowest BCUT2D eigenvalue weighted by molar-refractivity contribution is -0.132. The zero-order valence-corrected chi connectivity index (χ0v) is 19.8. The van der Waals surface area contributed by atoms with Crippen molar-refractivity contribution in [1.82, 2.24) is 9.21 Å². The summed E-state index contributed by atoms with van der Waals surface area (Å²) in [6, 6.07) is 4.61. The molecule has 176 valence electrons. The van der Waals surface area contributed by atoms with Crippen molar-refractivity contribution in [2.45, 2.75) is 50.8 Å². The molecule has 2 fully saturated rings. The van der Waals surface area contributed by atoms with Crippen LogP contribution >= 0.6 is 0 Å². The topological polar surface area (TPSA) is 87.2 Å². The van der Waals surface area contributed by atoms with E-state index >= 15 is 0 Å². The fourth-order valence-corrected chi connectivity index (χ4v) is 6.72. The van der Waals surface area contributed by atoms with E-state index in [9.17, 15) is 18.0 Å².